The quantitative estimate of drug-likeness (QED) is 0.620. The molecule has 0 radical (unpaired) electrons. The standard InChI is InChI=1S/C16H18ClNO3/c1-4-5-10-20-15-16(2,3)14(19)18(21-15)11-12-8-6-7-9-13(12)17/h1,6-9,15H,5,10-11H2,2-3H3. The highest BCUT2D eigenvalue weighted by Gasteiger charge is 2.50. The normalized spacial score (nSPS) is 20.6. The molecule has 1 atom stereocenters. The zero-order valence-corrected chi connectivity index (χ0v) is 12.9. The van der Waals surface area contributed by atoms with E-state index in [2.05, 4.69) is 5.92 Å². The zero-order chi connectivity index (χ0) is 15.5. The SMILES string of the molecule is C#CCCOC1ON(Cc2ccccc2Cl)C(=O)C1(C)C. The summed E-state index contributed by atoms with van der Waals surface area (Å²) in [4.78, 5) is 18.1. The Hall–Kier alpha value is -1.54. The fourth-order valence-corrected chi connectivity index (χ4v) is 2.27. The number of amides is 1. The monoisotopic (exact) mass is 307 g/mol. The molecule has 4 nitrogen and oxygen atoms in total. The lowest BCUT2D eigenvalue weighted by molar-refractivity contribution is -0.247. The van der Waals surface area contributed by atoms with Crippen molar-refractivity contribution in [3.8, 4) is 12.3 Å². The molecule has 21 heavy (non-hydrogen) atoms. The molecule has 1 fully saturated rings. The van der Waals surface area contributed by atoms with Gasteiger partial charge >= 0.3 is 0 Å². The smallest absolute Gasteiger partial charge is 0.257 e. The Labute approximate surface area is 129 Å². The van der Waals surface area contributed by atoms with Crippen molar-refractivity contribution < 1.29 is 14.4 Å². The number of hydrogen-bond donors (Lipinski definition) is 0. The van der Waals surface area contributed by atoms with E-state index in [1.165, 1.54) is 5.06 Å². The maximum absolute atomic E-state index is 12.4. The Kier molecular flexibility index (Phi) is 4.89. The summed E-state index contributed by atoms with van der Waals surface area (Å²) in [5, 5.41) is 1.91. The molecule has 1 aliphatic heterocycles. The van der Waals surface area contributed by atoms with E-state index in [1.807, 2.05) is 18.2 Å². The Balaban J connectivity index is 2.07. The number of nitrogens with zero attached hydrogens (tertiary/aromatic N) is 1. The van der Waals surface area contributed by atoms with Gasteiger partial charge in [-0.2, -0.15) is 0 Å². The maximum atomic E-state index is 12.4. The molecule has 1 aromatic rings. The average Bonchev–Trinajstić information content (AvgIpc) is 2.66. The first-order chi connectivity index (χ1) is 9.96. The summed E-state index contributed by atoms with van der Waals surface area (Å²) in [6.07, 6.45) is 5.03. The van der Waals surface area contributed by atoms with Gasteiger partial charge in [0.2, 0.25) is 0 Å². The molecular weight excluding hydrogens is 290 g/mol. The van der Waals surface area contributed by atoms with Crippen molar-refractivity contribution in [2.24, 2.45) is 5.41 Å². The molecule has 0 aromatic heterocycles. The molecule has 1 heterocycles. The Morgan fingerprint density at radius 3 is 2.86 bits per heavy atom. The lowest BCUT2D eigenvalue weighted by Crippen LogP contribution is -2.34. The van der Waals surface area contributed by atoms with E-state index in [0.29, 0.717) is 18.1 Å². The Morgan fingerprint density at radius 1 is 1.48 bits per heavy atom. The van der Waals surface area contributed by atoms with Crippen molar-refractivity contribution in [3.05, 3.63) is 34.9 Å². The number of carbonyl (C=O) groups is 1. The van der Waals surface area contributed by atoms with Crippen LogP contribution in [0.15, 0.2) is 24.3 Å². The van der Waals surface area contributed by atoms with Crippen LogP contribution in [0.2, 0.25) is 5.02 Å². The highest BCUT2D eigenvalue weighted by atomic mass is 35.5. The van der Waals surface area contributed by atoms with Crippen molar-refractivity contribution in [2.75, 3.05) is 6.61 Å². The van der Waals surface area contributed by atoms with Crippen molar-refractivity contribution in [1.29, 1.82) is 0 Å². The molecule has 1 amide bonds. The maximum Gasteiger partial charge on any atom is 0.257 e. The lowest BCUT2D eigenvalue weighted by Gasteiger charge is -2.20. The van der Waals surface area contributed by atoms with E-state index < -0.39 is 11.7 Å². The van der Waals surface area contributed by atoms with E-state index in [-0.39, 0.29) is 12.5 Å². The van der Waals surface area contributed by atoms with Crippen molar-refractivity contribution in [2.45, 2.75) is 33.1 Å². The molecule has 1 saturated heterocycles. The van der Waals surface area contributed by atoms with Crippen LogP contribution in [0.4, 0.5) is 0 Å². The molecule has 1 aromatic carbocycles. The van der Waals surface area contributed by atoms with Crippen LogP contribution in [0, 0.1) is 17.8 Å². The first-order valence-electron chi connectivity index (χ1n) is 6.74. The minimum atomic E-state index is -0.754. The van der Waals surface area contributed by atoms with Crippen molar-refractivity contribution in [3.63, 3.8) is 0 Å². The molecule has 0 spiro atoms. The van der Waals surface area contributed by atoms with E-state index in [0.717, 1.165) is 5.56 Å². The zero-order valence-electron chi connectivity index (χ0n) is 12.1. The number of hydrogen-bond acceptors (Lipinski definition) is 3. The third-order valence-electron chi connectivity index (χ3n) is 3.38. The van der Waals surface area contributed by atoms with E-state index in [9.17, 15) is 4.79 Å². The number of terminal acetylenes is 1. The molecule has 5 heteroatoms. The van der Waals surface area contributed by atoms with Crippen LogP contribution in [0.5, 0.6) is 0 Å². The van der Waals surface area contributed by atoms with Gasteiger partial charge < -0.3 is 4.74 Å². The number of carbonyl (C=O) groups excluding carboxylic acids is 1. The average molecular weight is 308 g/mol. The van der Waals surface area contributed by atoms with Crippen LogP contribution in [0.25, 0.3) is 0 Å². The van der Waals surface area contributed by atoms with Gasteiger partial charge in [0.15, 0.2) is 6.29 Å². The number of benzene rings is 1. The summed E-state index contributed by atoms with van der Waals surface area (Å²) in [5.74, 6) is 2.36. The van der Waals surface area contributed by atoms with Gasteiger partial charge in [0.05, 0.1) is 18.6 Å². The van der Waals surface area contributed by atoms with Crippen LogP contribution in [0.1, 0.15) is 25.8 Å². The summed E-state index contributed by atoms with van der Waals surface area (Å²) in [6.45, 7) is 4.24. The summed E-state index contributed by atoms with van der Waals surface area (Å²) >= 11 is 6.11. The predicted octanol–water partition coefficient (Wildman–Crippen LogP) is 3.01. The molecule has 0 bridgehead atoms. The summed E-state index contributed by atoms with van der Waals surface area (Å²) < 4.78 is 5.57. The number of hydroxylamine groups is 2. The number of halogens is 1. The predicted molar refractivity (Wildman–Crippen MR) is 80.1 cm³/mol. The van der Waals surface area contributed by atoms with Crippen LogP contribution in [0.3, 0.4) is 0 Å². The topological polar surface area (TPSA) is 38.8 Å². The molecule has 1 unspecified atom stereocenters. The summed E-state index contributed by atoms with van der Waals surface area (Å²) in [6, 6.07) is 7.35. The van der Waals surface area contributed by atoms with Gasteiger partial charge in [0.1, 0.15) is 0 Å². The molecule has 112 valence electrons. The minimum Gasteiger partial charge on any atom is -0.348 e. The fraction of sp³-hybridized carbons (Fsp3) is 0.438. The second-order valence-corrected chi connectivity index (χ2v) is 5.82. The largest absolute Gasteiger partial charge is 0.348 e. The third kappa shape index (κ3) is 3.38. The van der Waals surface area contributed by atoms with E-state index >= 15 is 0 Å². The van der Waals surface area contributed by atoms with Crippen LogP contribution in [-0.4, -0.2) is 23.9 Å². The van der Waals surface area contributed by atoms with Crippen LogP contribution < -0.4 is 0 Å². The summed E-state index contributed by atoms with van der Waals surface area (Å²) in [7, 11) is 0. The van der Waals surface area contributed by atoms with Crippen LogP contribution >= 0.6 is 11.6 Å². The molecule has 2 rings (SSSR count). The second-order valence-electron chi connectivity index (χ2n) is 5.42. The second kappa shape index (κ2) is 6.48. The molecular formula is C16H18ClNO3. The van der Waals surface area contributed by atoms with Gasteiger partial charge in [0, 0.05) is 11.4 Å². The number of ether oxygens (including phenoxy) is 1. The van der Waals surface area contributed by atoms with Gasteiger partial charge in [-0.05, 0) is 25.5 Å². The number of rotatable bonds is 5. The molecule has 1 aliphatic rings. The molecule has 0 N–H and O–H groups in total. The lowest BCUT2D eigenvalue weighted by atomic mass is 9.92. The highest BCUT2D eigenvalue weighted by Crippen LogP contribution is 2.36. The summed E-state index contributed by atoms with van der Waals surface area (Å²) in [5.41, 5.74) is 0.0724. The first-order valence-corrected chi connectivity index (χ1v) is 7.12. The van der Waals surface area contributed by atoms with Crippen molar-refractivity contribution in [1.82, 2.24) is 5.06 Å². The van der Waals surface area contributed by atoms with E-state index in [1.54, 1.807) is 19.9 Å². The Bertz CT molecular complexity index is 565. The van der Waals surface area contributed by atoms with Gasteiger partial charge in [-0.3, -0.25) is 4.79 Å². The molecule has 0 saturated carbocycles. The Morgan fingerprint density at radius 2 is 2.19 bits per heavy atom. The van der Waals surface area contributed by atoms with E-state index in [4.69, 9.17) is 27.6 Å². The van der Waals surface area contributed by atoms with Gasteiger partial charge in [-0.15, -0.1) is 12.3 Å². The van der Waals surface area contributed by atoms with Gasteiger partial charge in [-0.25, -0.2) is 9.90 Å². The van der Waals surface area contributed by atoms with Crippen molar-refractivity contribution >= 4 is 17.5 Å². The third-order valence-corrected chi connectivity index (χ3v) is 3.75. The van der Waals surface area contributed by atoms with Gasteiger partial charge in [0.25, 0.3) is 5.91 Å². The first kappa shape index (κ1) is 15.8. The minimum absolute atomic E-state index is 0.131. The molecule has 0 aliphatic carbocycles. The fourth-order valence-electron chi connectivity index (χ4n) is 2.07. The highest BCUT2D eigenvalue weighted by molar-refractivity contribution is 6.31. The van der Waals surface area contributed by atoms with Crippen LogP contribution in [-0.2, 0) is 20.9 Å². The van der Waals surface area contributed by atoms with Gasteiger partial charge in [-0.1, -0.05) is 29.8 Å².